The summed E-state index contributed by atoms with van der Waals surface area (Å²) >= 11 is 0. The van der Waals surface area contributed by atoms with Crippen molar-refractivity contribution in [1.82, 2.24) is 0 Å². The zero-order valence-electron chi connectivity index (χ0n) is 12.1. The molecule has 3 nitrogen and oxygen atoms in total. The summed E-state index contributed by atoms with van der Waals surface area (Å²) in [6, 6.07) is 5.15. The first kappa shape index (κ1) is 13.8. The summed E-state index contributed by atoms with van der Waals surface area (Å²) in [6.45, 7) is 3.47. The molecule has 1 saturated heterocycles. The molecule has 1 aliphatic heterocycles. The highest BCUT2D eigenvalue weighted by Crippen LogP contribution is 2.46. The van der Waals surface area contributed by atoms with Gasteiger partial charge in [-0.2, -0.15) is 0 Å². The molecule has 1 spiro atoms. The maximum Gasteiger partial charge on any atom is 0.168 e. The molecule has 0 N–H and O–H groups in total. The first-order chi connectivity index (χ1) is 9.57. The molecule has 1 aromatic carbocycles. The van der Waals surface area contributed by atoms with Crippen LogP contribution in [0.3, 0.4) is 0 Å². The highest BCUT2D eigenvalue weighted by molar-refractivity contribution is 5.34. The quantitative estimate of drug-likeness (QED) is 0.831. The van der Waals surface area contributed by atoms with Crippen LogP contribution < -0.4 is 4.74 Å². The lowest BCUT2D eigenvalue weighted by Gasteiger charge is -2.42. The highest BCUT2D eigenvalue weighted by atomic mass is 19.1. The van der Waals surface area contributed by atoms with Gasteiger partial charge in [0.25, 0.3) is 0 Å². The molecule has 1 heterocycles. The van der Waals surface area contributed by atoms with Crippen molar-refractivity contribution in [3.05, 3.63) is 29.6 Å². The number of hydrogen-bond donors (Lipinski definition) is 0. The Labute approximate surface area is 119 Å². The Hall–Kier alpha value is -1.13. The van der Waals surface area contributed by atoms with Gasteiger partial charge in [0.15, 0.2) is 5.79 Å². The second kappa shape index (κ2) is 5.01. The monoisotopic (exact) mass is 280 g/mol. The Morgan fingerprint density at radius 1 is 1.10 bits per heavy atom. The Morgan fingerprint density at radius 3 is 2.30 bits per heavy atom. The van der Waals surface area contributed by atoms with Crippen molar-refractivity contribution in [2.24, 2.45) is 0 Å². The molecule has 0 bridgehead atoms. The lowest BCUT2D eigenvalue weighted by molar-refractivity contribution is -0.184. The zero-order chi connectivity index (χ0) is 14.2. The van der Waals surface area contributed by atoms with Gasteiger partial charge in [0.1, 0.15) is 11.6 Å². The van der Waals surface area contributed by atoms with Crippen molar-refractivity contribution in [2.45, 2.75) is 43.8 Å². The molecule has 0 unspecified atom stereocenters. The Kier molecular flexibility index (Phi) is 3.46. The maximum absolute atomic E-state index is 14.3. The number of halogens is 1. The molecule has 3 rings (SSSR count). The number of ether oxygens (including phenoxy) is 3. The lowest BCUT2D eigenvalue weighted by atomic mass is 9.69. The van der Waals surface area contributed by atoms with Crippen molar-refractivity contribution in [1.29, 1.82) is 0 Å². The smallest absolute Gasteiger partial charge is 0.168 e. The van der Waals surface area contributed by atoms with Crippen molar-refractivity contribution < 1.29 is 18.6 Å². The summed E-state index contributed by atoms with van der Waals surface area (Å²) in [6.07, 6.45) is 3.40. The molecule has 0 atom stereocenters. The normalized spacial score (nSPS) is 23.9. The lowest BCUT2D eigenvalue weighted by Crippen LogP contribution is -2.41. The third-order valence-electron chi connectivity index (χ3n) is 4.76. The highest BCUT2D eigenvalue weighted by Gasteiger charge is 2.45. The van der Waals surface area contributed by atoms with Crippen molar-refractivity contribution >= 4 is 0 Å². The van der Waals surface area contributed by atoms with Gasteiger partial charge in [-0.15, -0.1) is 0 Å². The number of rotatable bonds is 2. The van der Waals surface area contributed by atoms with E-state index >= 15 is 0 Å². The fourth-order valence-electron chi connectivity index (χ4n) is 3.35. The van der Waals surface area contributed by atoms with E-state index < -0.39 is 5.79 Å². The third-order valence-corrected chi connectivity index (χ3v) is 4.76. The van der Waals surface area contributed by atoms with Crippen LogP contribution in [-0.4, -0.2) is 26.1 Å². The standard InChI is InChI=1S/C16H21FO3/c1-15(13-4-3-12(18-2)11-14(13)17)5-7-16(8-6-15)19-9-10-20-16/h3-4,11H,5-10H2,1-2H3. The Morgan fingerprint density at radius 2 is 1.75 bits per heavy atom. The van der Waals surface area contributed by atoms with E-state index in [-0.39, 0.29) is 11.2 Å². The number of hydrogen-bond acceptors (Lipinski definition) is 3. The van der Waals surface area contributed by atoms with Gasteiger partial charge in [0.2, 0.25) is 0 Å². The van der Waals surface area contributed by atoms with E-state index in [0.717, 1.165) is 31.2 Å². The average molecular weight is 280 g/mol. The zero-order valence-corrected chi connectivity index (χ0v) is 12.1. The molecule has 0 amide bonds. The van der Waals surface area contributed by atoms with Crippen LogP contribution in [0, 0.1) is 5.82 Å². The van der Waals surface area contributed by atoms with Gasteiger partial charge < -0.3 is 14.2 Å². The molecule has 2 fully saturated rings. The van der Waals surface area contributed by atoms with Gasteiger partial charge in [-0.3, -0.25) is 0 Å². The summed E-state index contributed by atoms with van der Waals surface area (Å²) in [4.78, 5) is 0. The van der Waals surface area contributed by atoms with Crippen LogP contribution in [0.2, 0.25) is 0 Å². The first-order valence-corrected chi connectivity index (χ1v) is 7.19. The summed E-state index contributed by atoms with van der Waals surface area (Å²) < 4.78 is 30.8. The molecule has 1 saturated carbocycles. The minimum atomic E-state index is -0.400. The van der Waals surface area contributed by atoms with Gasteiger partial charge in [-0.1, -0.05) is 13.0 Å². The van der Waals surface area contributed by atoms with E-state index in [0.29, 0.717) is 19.0 Å². The largest absolute Gasteiger partial charge is 0.497 e. The van der Waals surface area contributed by atoms with Crippen LogP contribution in [0.5, 0.6) is 5.75 Å². The van der Waals surface area contributed by atoms with E-state index in [1.54, 1.807) is 7.11 Å². The van der Waals surface area contributed by atoms with Crippen LogP contribution in [0.4, 0.5) is 4.39 Å². The number of benzene rings is 1. The predicted molar refractivity (Wildman–Crippen MR) is 73.4 cm³/mol. The Balaban J connectivity index is 1.80. The number of methoxy groups -OCH3 is 1. The molecular formula is C16H21FO3. The van der Waals surface area contributed by atoms with Gasteiger partial charge in [-0.25, -0.2) is 4.39 Å². The molecule has 1 aliphatic carbocycles. The SMILES string of the molecule is COc1ccc(C2(C)CCC3(CC2)OCCO3)c(F)c1. The van der Waals surface area contributed by atoms with E-state index in [2.05, 4.69) is 6.92 Å². The van der Waals surface area contributed by atoms with Gasteiger partial charge in [0.05, 0.1) is 20.3 Å². The predicted octanol–water partition coefficient (Wildman–Crippen LogP) is 3.41. The summed E-state index contributed by atoms with van der Waals surface area (Å²) in [5.41, 5.74) is 0.614. The topological polar surface area (TPSA) is 27.7 Å². The second-order valence-electron chi connectivity index (χ2n) is 6.01. The molecule has 20 heavy (non-hydrogen) atoms. The van der Waals surface area contributed by atoms with Crippen LogP contribution >= 0.6 is 0 Å². The molecule has 4 heteroatoms. The van der Waals surface area contributed by atoms with Crippen LogP contribution in [0.15, 0.2) is 18.2 Å². The van der Waals surface area contributed by atoms with E-state index in [4.69, 9.17) is 14.2 Å². The van der Waals surface area contributed by atoms with Crippen LogP contribution in [-0.2, 0) is 14.9 Å². The molecule has 2 aliphatic rings. The van der Waals surface area contributed by atoms with Crippen molar-refractivity contribution in [3.63, 3.8) is 0 Å². The molecular weight excluding hydrogens is 259 g/mol. The van der Waals surface area contributed by atoms with Crippen LogP contribution in [0.25, 0.3) is 0 Å². The van der Waals surface area contributed by atoms with E-state index in [9.17, 15) is 4.39 Å². The summed E-state index contributed by atoms with van der Waals surface area (Å²) in [5, 5.41) is 0. The van der Waals surface area contributed by atoms with Gasteiger partial charge in [-0.05, 0) is 29.9 Å². The van der Waals surface area contributed by atoms with Gasteiger partial charge >= 0.3 is 0 Å². The average Bonchev–Trinajstić information content (AvgIpc) is 2.91. The Bertz CT molecular complexity index is 484. The third kappa shape index (κ3) is 2.31. The molecule has 0 radical (unpaired) electrons. The summed E-state index contributed by atoms with van der Waals surface area (Å²) in [7, 11) is 1.55. The second-order valence-corrected chi connectivity index (χ2v) is 6.01. The molecule has 1 aromatic rings. The fraction of sp³-hybridized carbons (Fsp3) is 0.625. The minimum Gasteiger partial charge on any atom is -0.497 e. The minimum absolute atomic E-state index is 0.156. The molecule has 0 aromatic heterocycles. The molecule has 110 valence electrons. The fourth-order valence-corrected chi connectivity index (χ4v) is 3.35. The van der Waals surface area contributed by atoms with Crippen molar-refractivity contribution in [3.8, 4) is 5.75 Å². The van der Waals surface area contributed by atoms with Gasteiger partial charge in [0, 0.05) is 18.9 Å². The van der Waals surface area contributed by atoms with E-state index in [1.165, 1.54) is 6.07 Å². The van der Waals surface area contributed by atoms with Crippen molar-refractivity contribution in [2.75, 3.05) is 20.3 Å². The van der Waals surface area contributed by atoms with E-state index in [1.807, 2.05) is 12.1 Å². The van der Waals surface area contributed by atoms with Crippen LogP contribution in [0.1, 0.15) is 38.2 Å². The maximum atomic E-state index is 14.3. The first-order valence-electron chi connectivity index (χ1n) is 7.19. The summed E-state index contributed by atoms with van der Waals surface area (Å²) in [5.74, 6) is -0.0247.